The maximum absolute atomic E-state index is 12.2. The quantitative estimate of drug-likeness (QED) is 0.780. The number of rotatable bonds is 8. The molecule has 1 amide bonds. The second-order valence-electron chi connectivity index (χ2n) is 6.44. The van der Waals surface area contributed by atoms with Gasteiger partial charge < -0.3 is 24.2 Å². The molecule has 1 aliphatic heterocycles. The second-order valence-corrected chi connectivity index (χ2v) is 6.44. The van der Waals surface area contributed by atoms with Crippen LogP contribution in [-0.2, 0) is 6.61 Å². The van der Waals surface area contributed by atoms with E-state index in [1.807, 2.05) is 24.3 Å². The smallest absolute Gasteiger partial charge is 0.273 e. The largest absolute Gasteiger partial charge is 0.493 e. The Kier molecular flexibility index (Phi) is 6.12. The molecule has 2 aromatic rings. The van der Waals surface area contributed by atoms with Crippen molar-refractivity contribution in [1.29, 1.82) is 0 Å². The van der Waals surface area contributed by atoms with E-state index in [2.05, 4.69) is 22.4 Å². The van der Waals surface area contributed by atoms with Crippen molar-refractivity contribution in [2.24, 2.45) is 0 Å². The SMILES string of the molecule is COc1ccccc1OCc1cc(C(=O)NCC[C@@H]2CCCN2C)no1. The number of amides is 1. The maximum atomic E-state index is 12.2. The first-order valence-corrected chi connectivity index (χ1v) is 8.87. The summed E-state index contributed by atoms with van der Waals surface area (Å²) in [5.74, 6) is 1.51. The van der Waals surface area contributed by atoms with Gasteiger partial charge in [-0.15, -0.1) is 0 Å². The molecule has 1 aromatic heterocycles. The van der Waals surface area contributed by atoms with Gasteiger partial charge in [0.1, 0.15) is 6.61 Å². The fourth-order valence-electron chi connectivity index (χ4n) is 3.16. The molecule has 0 bridgehead atoms. The van der Waals surface area contributed by atoms with Crippen LogP contribution in [0.4, 0.5) is 0 Å². The van der Waals surface area contributed by atoms with E-state index >= 15 is 0 Å². The highest BCUT2D eigenvalue weighted by Gasteiger charge is 2.21. The van der Waals surface area contributed by atoms with E-state index < -0.39 is 0 Å². The molecule has 0 radical (unpaired) electrons. The first-order chi connectivity index (χ1) is 12.7. The lowest BCUT2D eigenvalue weighted by Gasteiger charge is -2.18. The third-order valence-electron chi connectivity index (χ3n) is 4.67. The molecule has 0 aliphatic carbocycles. The molecule has 1 fully saturated rings. The Labute approximate surface area is 153 Å². The number of methoxy groups -OCH3 is 1. The van der Waals surface area contributed by atoms with Gasteiger partial charge in [-0.05, 0) is 45.0 Å². The van der Waals surface area contributed by atoms with E-state index in [0.29, 0.717) is 29.8 Å². The van der Waals surface area contributed by atoms with E-state index in [1.165, 1.54) is 12.8 Å². The van der Waals surface area contributed by atoms with Gasteiger partial charge in [0.05, 0.1) is 7.11 Å². The van der Waals surface area contributed by atoms with Gasteiger partial charge in [0, 0.05) is 18.7 Å². The fraction of sp³-hybridized carbons (Fsp3) is 0.474. The number of nitrogens with one attached hydrogen (secondary N) is 1. The van der Waals surface area contributed by atoms with Crippen LogP contribution in [0.2, 0.25) is 0 Å². The van der Waals surface area contributed by atoms with Gasteiger partial charge in [-0.1, -0.05) is 17.3 Å². The molecule has 26 heavy (non-hydrogen) atoms. The fourth-order valence-corrected chi connectivity index (χ4v) is 3.16. The molecule has 1 aromatic carbocycles. The number of nitrogens with zero attached hydrogens (tertiary/aromatic N) is 2. The van der Waals surface area contributed by atoms with Crippen LogP contribution < -0.4 is 14.8 Å². The summed E-state index contributed by atoms with van der Waals surface area (Å²) in [6, 6.07) is 9.51. The van der Waals surface area contributed by atoms with Crippen LogP contribution >= 0.6 is 0 Å². The predicted octanol–water partition coefficient (Wildman–Crippen LogP) is 2.48. The summed E-state index contributed by atoms with van der Waals surface area (Å²) >= 11 is 0. The molecular formula is C19H25N3O4. The molecule has 7 heteroatoms. The molecule has 0 saturated carbocycles. The summed E-state index contributed by atoms with van der Waals surface area (Å²) < 4.78 is 16.1. The van der Waals surface area contributed by atoms with Crippen molar-refractivity contribution >= 4 is 5.91 Å². The van der Waals surface area contributed by atoms with Crippen molar-refractivity contribution in [3.8, 4) is 11.5 Å². The molecule has 0 unspecified atom stereocenters. The van der Waals surface area contributed by atoms with Crippen LogP contribution in [0.15, 0.2) is 34.9 Å². The van der Waals surface area contributed by atoms with Gasteiger partial charge in [0.2, 0.25) is 0 Å². The zero-order chi connectivity index (χ0) is 18.4. The monoisotopic (exact) mass is 359 g/mol. The van der Waals surface area contributed by atoms with Gasteiger partial charge in [0.15, 0.2) is 23.0 Å². The lowest BCUT2D eigenvalue weighted by molar-refractivity contribution is 0.0941. The van der Waals surface area contributed by atoms with Crippen LogP contribution in [0.25, 0.3) is 0 Å². The molecule has 1 saturated heterocycles. The summed E-state index contributed by atoms with van der Waals surface area (Å²) in [7, 11) is 3.72. The van der Waals surface area contributed by atoms with Crippen LogP contribution in [0.5, 0.6) is 11.5 Å². The van der Waals surface area contributed by atoms with E-state index in [-0.39, 0.29) is 18.2 Å². The number of hydrogen-bond donors (Lipinski definition) is 1. The summed E-state index contributed by atoms with van der Waals surface area (Å²) in [6.45, 7) is 1.94. The summed E-state index contributed by atoms with van der Waals surface area (Å²) in [5.41, 5.74) is 0.267. The Bertz CT molecular complexity index is 731. The highest BCUT2D eigenvalue weighted by Crippen LogP contribution is 2.26. The number of hydrogen-bond acceptors (Lipinski definition) is 6. The number of likely N-dealkylation sites (tertiary alicyclic amines) is 1. The third-order valence-corrected chi connectivity index (χ3v) is 4.67. The zero-order valence-electron chi connectivity index (χ0n) is 15.2. The molecule has 1 aliphatic rings. The lowest BCUT2D eigenvalue weighted by atomic mass is 10.1. The van der Waals surface area contributed by atoms with Crippen LogP contribution in [0.3, 0.4) is 0 Å². The summed E-state index contributed by atoms with van der Waals surface area (Å²) in [6.07, 6.45) is 3.37. The van der Waals surface area contributed by atoms with Crippen LogP contribution in [-0.4, -0.2) is 49.3 Å². The van der Waals surface area contributed by atoms with Crippen molar-refractivity contribution < 1.29 is 18.8 Å². The molecule has 1 atom stereocenters. The molecule has 0 spiro atoms. The molecule has 7 nitrogen and oxygen atoms in total. The second kappa shape index (κ2) is 8.71. The van der Waals surface area contributed by atoms with Gasteiger partial charge in [0.25, 0.3) is 5.91 Å². The zero-order valence-corrected chi connectivity index (χ0v) is 15.2. The van der Waals surface area contributed by atoms with E-state index in [9.17, 15) is 4.79 Å². The molecule has 2 heterocycles. The summed E-state index contributed by atoms with van der Waals surface area (Å²) in [5, 5.41) is 6.73. The maximum Gasteiger partial charge on any atom is 0.273 e. The van der Waals surface area contributed by atoms with Crippen molar-refractivity contribution in [3.05, 3.63) is 41.8 Å². The number of benzene rings is 1. The Morgan fingerprint density at radius 1 is 1.38 bits per heavy atom. The van der Waals surface area contributed by atoms with E-state index in [4.69, 9.17) is 14.0 Å². The van der Waals surface area contributed by atoms with Crippen LogP contribution in [0, 0.1) is 0 Å². The standard InChI is InChI=1S/C19H25N3O4/c1-22-11-5-6-14(22)9-10-20-19(23)16-12-15(26-21-16)13-25-18-8-4-3-7-17(18)24-2/h3-4,7-8,12,14H,5-6,9-11,13H2,1-2H3,(H,20,23)/t14-/m0/s1. The topological polar surface area (TPSA) is 76.8 Å². The Hall–Kier alpha value is -2.54. The van der Waals surface area contributed by atoms with Crippen molar-refractivity contribution in [1.82, 2.24) is 15.4 Å². The van der Waals surface area contributed by atoms with Crippen LogP contribution in [0.1, 0.15) is 35.5 Å². The van der Waals surface area contributed by atoms with Gasteiger partial charge in [-0.2, -0.15) is 0 Å². The van der Waals surface area contributed by atoms with Gasteiger partial charge >= 0.3 is 0 Å². The highest BCUT2D eigenvalue weighted by atomic mass is 16.5. The number of para-hydroxylation sites is 2. The van der Waals surface area contributed by atoms with Crippen molar-refractivity contribution in [2.45, 2.75) is 31.9 Å². The molecule has 3 rings (SSSR count). The normalized spacial score (nSPS) is 17.2. The minimum atomic E-state index is -0.224. The summed E-state index contributed by atoms with van der Waals surface area (Å²) in [4.78, 5) is 14.5. The average Bonchev–Trinajstić information content (AvgIpc) is 3.29. The van der Waals surface area contributed by atoms with Gasteiger partial charge in [-0.25, -0.2) is 0 Å². The molecule has 140 valence electrons. The average molecular weight is 359 g/mol. The van der Waals surface area contributed by atoms with Gasteiger partial charge in [-0.3, -0.25) is 4.79 Å². The third kappa shape index (κ3) is 4.54. The number of carbonyl (C=O) groups is 1. The highest BCUT2D eigenvalue weighted by molar-refractivity contribution is 5.92. The minimum absolute atomic E-state index is 0.174. The molecule has 1 N–H and O–H groups in total. The Morgan fingerprint density at radius 3 is 2.92 bits per heavy atom. The number of aromatic nitrogens is 1. The first kappa shape index (κ1) is 18.3. The Morgan fingerprint density at radius 2 is 2.19 bits per heavy atom. The predicted molar refractivity (Wildman–Crippen MR) is 96.4 cm³/mol. The first-order valence-electron chi connectivity index (χ1n) is 8.87. The number of ether oxygens (including phenoxy) is 2. The van der Waals surface area contributed by atoms with E-state index in [1.54, 1.807) is 13.2 Å². The minimum Gasteiger partial charge on any atom is -0.493 e. The van der Waals surface area contributed by atoms with Crippen molar-refractivity contribution in [3.63, 3.8) is 0 Å². The van der Waals surface area contributed by atoms with E-state index in [0.717, 1.165) is 13.0 Å². The Balaban J connectivity index is 1.47. The number of carbonyl (C=O) groups excluding carboxylic acids is 1. The lowest BCUT2D eigenvalue weighted by Crippen LogP contribution is -2.31. The van der Waals surface area contributed by atoms with Crippen molar-refractivity contribution in [2.75, 3.05) is 27.2 Å². The molecular weight excluding hydrogens is 334 g/mol.